The Balaban J connectivity index is 1.37. The summed E-state index contributed by atoms with van der Waals surface area (Å²) in [5, 5.41) is 7.81. The van der Waals surface area contributed by atoms with E-state index in [1.54, 1.807) is 0 Å². The highest BCUT2D eigenvalue weighted by molar-refractivity contribution is 7.25. The zero-order chi connectivity index (χ0) is 23.6. The van der Waals surface area contributed by atoms with Gasteiger partial charge in [-0.25, -0.2) is 0 Å². The van der Waals surface area contributed by atoms with Crippen LogP contribution in [0.15, 0.2) is 121 Å². The van der Waals surface area contributed by atoms with Crippen LogP contribution >= 0.6 is 11.3 Å². The Morgan fingerprint density at radius 2 is 1.19 bits per heavy atom. The zero-order valence-corrected chi connectivity index (χ0v) is 20.3. The predicted molar refractivity (Wildman–Crippen MR) is 157 cm³/mol. The summed E-state index contributed by atoms with van der Waals surface area (Å²) in [6, 6.07) is 44.2. The van der Waals surface area contributed by atoms with Crippen molar-refractivity contribution in [3.63, 3.8) is 0 Å². The van der Waals surface area contributed by atoms with Gasteiger partial charge in [0, 0.05) is 42.0 Å². The van der Waals surface area contributed by atoms with Gasteiger partial charge >= 0.3 is 0 Å². The molecule has 2 aromatic heterocycles. The lowest BCUT2D eigenvalue weighted by Crippen LogP contribution is -1.81. The molecule has 0 bridgehead atoms. The largest absolute Gasteiger partial charge is 0.354 e. The molecule has 0 unspecified atom stereocenters. The maximum absolute atomic E-state index is 3.75. The lowest BCUT2D eigenvalue weighted by Gasteiger charge is -2.06. The van der Waals surface area contributed by atoms with Gasteiger partial charge in [-0.2, -0.15) is 0 Å². The normalized spacial score (nSPS) is 11.9. The molecule has 0 saturated heterocycles. The number of nitrogens with one attached hydrogen (secondary N) is 1. The van der Waals surface area contributed by atoms with Crippen LogP contribution in [0.25, 0.3) is 75.0 Å². The minimum absolute atomic E-state index is 1.19. The molecule has 0 spiro atoms. The Kier molecular flexibility index (Phi) is 4.16. The number of benzene rings is 6. The van der Waals surface area contributed by atoms with E-state index in [0.717, 1.165) is 0 Å². The van der Waals surface area contributed by atoms with Crippen molar-refractivity contribution in [2.45, 2.75) is 0 Å². The SMILES string of the molecule is c1ccc(-c2ccc3sc4ccc(-c5cccc6c5[nH]c5ccc7ccccc7c56)cc4c3c2)cc1. The van der Waals surface area contributed by atoms with E-state index in [9.17, 15) is 0 Å². The Morgan fingerprint density at radius 3 is 2.06 bits per heavy atom. The number of hydrogen-bond acceptors (Lipinski definition) is 1. The molecule has 0 aliphatic heterocycles. The number of hydrogen-bond donors (Lipinski definition) is 1. The van der Waals surface area contributed by atoms with Crippen molar-refractivity contribution in [1.29, 1.82) is 0 Å². The molecule has 1 N–H and O–H groups in total. The lowest BCUT2D eigenvalue weighted by atomic mass is 9.98. The molecule has 0 aliphatic rings. The van der Waals surface area contributed by atoms with Crippen molar-refractivity contribution in [1.82, 2.24) is 4.98 Å². The molecule has 0 fully saturated rings. The van der Waals surface area contributed by atoms with Crippen LogP contribution < -0.4 is 0 Å². The Labute approximate surface area is 212 Å². The highest BCUT2D eigenvalue weighted by Crippen LogP contribution is 2.41. The zero-order valence-electron chi connectivity index (χ0n) is 19.5. The van der Waals surface area contributed by atoms with Crippen molar-refractivity contribution >= 4 is 64.1 Å². The number of fused-ring (bicyclic) bond motifs is 8. The van der Waals surface area contributed by atoms with E-state index in [4.69, 9.17) is 0 Å². The fraction of sp³-hybridized carbons (Fsp3) is 0. The van der Waals surface area contributed by atoms with E-state index in [-0.39, 0.29) is 0 Å². The Bertz CT molecular complexity index is 2090. The van der Waals surface area contributed by atoms with Gasteiger partial charge in [-0.05, 0) is 57.8 Å². The third kappa shape index (κ3) is 2.89. The number of aromatic nitrogens is 1. The van der Waals surface area contributed by atoms with Crippen molar-refractivity contribution in [2.75, 3.05) is 0 Å². The molecule has 0 aliphatic carbocycles. The number of thiophene rings is 1. The standard InChI is InChI=1S/C34H21NS/c1-2-7-21(8-3-1)23-14-17-31-28(19-23)29-20-24(15-18-32(29)36-31)26-11-6-12-27-33-25-10-5-4-9-22(25)13-16-30(33)35-34(26)27/h1-20,35H. The molecular formula is C34H21NS. The molecule has 8 aromatic rings. The molecule has 2 heteroatoms. The minimum atomic E-state index is 1.19. The number of rotatable bonds is 2. The maximum Gasteiger partial charge on any atom is 0.0544 e. The smallest absolute Gasteiger partial charge is 0.0544 e. The average molecular weight is 476 g/mol. The van der Waals surface area contributed by atoms with Gasteiger partial charge in [0.2, 0.25) is 0 Å². The first kappa shape index (κ1) is 19.9. The molecule has 0 amide bonds. The highest BCUT2D eigenvalue weighted by atomic mass is 32.1. The van der Waals surface area contributed by atoms with E-state index in [1.165, 1.54) is 75.0 Å². The molecule has 8 rings (SSSR count). The van der Waals surface area contributed by atoms with E-state index >= 15 is 0 Å². The fourth-order valence-electron chi connectivity index (χ4n) is 5.69. The van der Waals surface area contributed by atoms with Gasteiger partial charge in [0.25, 0.3) is 0 Å². The van der Waals surface area contributed by atoms with Gasteiger partial charge in [-0.1, -0.05) is 91.0 Å². The predicted octanol–water partition coefficient (Wildman–Crippen LogP) is 10.2. The second-order valence-corrected chi connectivity index (χ2v) is 10.5. The minimum Gasteiger partial charge on any atom is -0.354 e. The van der Waals surface area contributed by atoms with Gasteiger partial charge in [-0.15, -0.1) is 11.3 Å². The van der Waals surface area contributed by atoms with Crippen LogP contribution in [0.2, 0.25) is 0 Å². The van der Waals surface area contributed by atoms with Crippen molar-refractivity contribution in [3.8, 4) is 22.3 Å². The molecule has 0 saturated carbocycles. The first-order chi connectivity index (χ1) is 17.8. The van der Waals surface area contributed by atoms with E-state index in [1.807, 2.05) is 11.3 Å². The van der Waals surface area contributed by atoms with Gasteiger partial charge in [0.05, 0.1) is 5.52 Å². The van der Waals surface area contributed by atoms with Crippen molar-refractivity contribution < 1.29 is 0 Å². The Hall–Kier alpha value is -4.40. The summed E-state index contributed by atoms with van der Waals surface area (Å²) in [6.07, 6.45) is 0. The molecule has 1 nitrogen and oxygen atoms in total. The average Bonchev–Trinajstić information content (AvgIpc) is 3.51. The summed E-state index contributed by atoms with van der Waals surface area (Å²) in [7, 11) is 0. The lowest BCUT2D eigenvalue weighted by molar-refractivity contribution is 1.54. The summed E-state index contributed by atoms with van der Waals surface area (Å²) in [5.74, 6) is 0. The third-order valence-corrected chi connectivity index (χ3v) is 8.56. The summed E-state index contributed by atoms with van der Waals surface area (Å²) in [6.45, 7) is 0. The van der Waals surface area contributed by atoms with Crippen molar-refractivity contribution in [2.24, 2.45) is 0 Å². The summed E-state index contributed by atoms with van der Waals surface area (Å²) < 4.78 is 2.66. The fourth-order valence-corrected chi connectivity index (χ4v) is 6.76. The van der Waals surface area contributed by atoms with Crippen molar-refractivity contribution in [3.05, 3.63) is 121 Å². The molecular weight excluding hydrogens is 454 g/mol. The van der Waals surface area contributed by atoms with Gasteiger partial charge in [0.1, 0.15) is 0 Å². The second-order valence-electron chi connectivity index (χ2n) is 9.45. The highest BCUT2D eigenvalue weighted by Gasteiger charge is 2.14. The van der Waals surface area contributed by atoms with Crippen LogP contribution in [-0.4, -0.2) is 4.98 Å². The second kappa shape index (κ2) is 7.55. The van der Waals surface area contributed by atoms with Gasteiger partial charge in [0.15, 0.2) is 0 Å². The van der Waals surface area contributed by atoms with E-state index in [0.29, 0.717) is 0 Å². The third-order valence-electron chi connectivity index (χ3n) is 7.41. The van der Waals surface area contributed by atoms with Crippen LogP contribution in [0.4, 0.5) is 0 Å². The monoisotopic (exact) mass is 475 g/mol. The van der Waals surface area contributed by atoms with Crippen LogP contribution in [0, 0.1) is 0 Å². The van der Waals surface area contributed by atoms with Crippen LogP contribution in [-0.2, 0) is 0 Å². The van der Waals surface area contributed by atoms with Crippen LogP contribution in [0.5, 0.6) is 0 Å². The van der Waals surface area contributed by atoms with Crippen LogP contribution in [0.1, 0.15) is 0 Å². The molecule has 0 atom stereocenters. The van der Waals surface area contributed by atoms with E-state index < -0.39 is 0 Å². The summed E-state index contributed by atoms with van der Waals surface area (Å²) >= 11 is 1.87. The molecule has 168 valence electrons. The summed E-state index contributed by atoms with van der Waals surface area (Å²) in [5.41, 5.74) is 7.39. The van der Waals surface area contributed by atoms with Crippen LogP contribution in [0.3, 0.4) is 0 Å². The van der Waals surface area contributed by atoms with Gasteiger partial charge < -0.3 is 4.98 Å². The first-order valence-electron chi connectivity index (χ1n) is 12.3. The number of aromatic amines is 1. The Morgan fingerprint density at radius 1 is 0.472 bits per heavy atom. The van der Waals surface area contributed by atoms with Gasteiger partial charge in [-0.3, -0.25) is 0 Å². The number of para-hydroxylation sites is 1. The molecule has 0 radical (unpaired) electrons. The topological polar surface area (TPSA) is 15.8 Å². The molecule has 2 heterocycles. The quantitative estimate of drug-likeness (QED) is 0.256. The molecule has 6 aromatic carbocycles. The van der Waals surface area contributed by atoms with E-state index in [2.05, 4.69) is 126 Å². The molecule has 36 heavy (non-hydrogen) atoms. The summed E-state index contributed by atoms with van der Waals surface area (Å²) in [4.78, 5) is 3.75. The maximum atomic E-state index is 3.75. The first-order valence-corrected chi connectivity index (χ1v) is 13.1. The number of H-pyrrole nitrogens is 1.